The summed E-state index contributed by atoms with van der Waals surface area (Å²) in [5.74, 6) is -0.314. The van der Waals surface area contributed by atoms with Gasteiger partial charge in [0.1, 0.15) is 6.54 Å². The lowest BCUT2D eigenvalue weighted by Gasteiger charge is -2.08. The number of anilines is 1. The lowest BCUT2D eigenvalue weighted by molar-refractivity contribution is -0.116. The van der Waals surface area contributed by atoms with Crippen LogP contribution in [0.5, 0.6) is 0 Å². The topological polar surface area (TPSA) is 108 Å². The Morgan fingerprint density at radius 2 is 1.90 bits per heavy atom. The van der Waals surface area contributed by atoms with Crippen molar-refractivity contribution < 1.29 is 4.79 Å². The van der Waals surface area contributed by atoms with Crippen molar-refractivity contribution in [3.05, 3.63) is 69.2 Å². The van der Waals surface area contributed by atoms with Gasteiger partial charge in [0.05, 0.1) is 12.0 Å². The lowest BCUT2D eigenvalue weighted by atomic mass is 10.1. The molecule has 0 aliphatic rings. The van der Waals surface area contributed by atoms with E-state index < -0.39 is 11.2 Å². The third kappa shape index (κ3) is 3.15. The van der Waals surface area contributed by atoms with Crippen LogP contribution in [0, 0.1) is 0 Å². The highest BCUT2D eigenvalue weighted by molar-refractivity contribution is 7.15. The van der Waals surface area contributed by atoms with E-state index in [0.29, 0.717) is 5.69 Å². The van der Waals surface area contributed by atoms with Gasteiger partial charge in [0.2, 0.25) is 5.91 Å². The minimum Gasteiger partial charge on any atom is -0.325 e. The Bertz CT molecular complexity index is 1540. The molecule has 0 radical (unpaired) electrons. The third-order valence-corrected chi connectivity index (χ3v) is 5.86. The summed E-state index contributed by atoms with van der Waals surface area (Å²) in [7, 11) is 2.93. The van der Waals surface area contributed by atoms with E-state index in [1.165, 1.54) is 29.6 Å². The zero-order chi connectivity index (χ0) is 21.7. The first-order valence-corrected chi connectivity index (χ1v) is 10.2. The number of fused-ring (bicyclic) bond motifs is 2. The Labute approximate surface area is 178 Å². The summed E-state index contributed by atoms with van der Waals surface area (Å²) < 4.78 is 5.69. The third-order valence-electron chi connectivity index (χ3n) is 5.09. The molecule has 5 aromatic rings. The summed E-state index contributed by atoms with van der Waals surface area (Å²) in [6, 6.07) is 7.38. The molecular weight excluding hydrogens is 418 g/mol. The van der Waals surface area contributed by atoms with E-state index in [1.807, 2.05) is 34.3 Å². The van der Waals surface area contributed by atoms with Crippen molar-refractivity contribution in [2.45, 2.75) is 6.54 Å². The Morgan fingerprint density at radius 3 is 2.65 bits per heavy atom. The highest BCUT2D eigenvalue weighted by atomic mass is 32.1. The molecule has 0 saturated carbocycles. The summed E-state index contributed by atoms with van der Waals surface area (Å²) in [5.41, 5.74) is 1.91. The molecule has 1 amide bonds. The van der Waals surface area contributed by atoms with E-state index >= 15 is 0 Å². The fourth-order valence-electron chi connectivity index (χ4n) is 3.46. The molecule has 156 valence electrons. The first kappa shape index (κ1) is 19.0. The number of nitrogens with one attached hydrogen (secondary N) is 1. The molecule has 0 aliphatic carbocycles. The molecule has 1 N–H and O–H groups in total. The minimum absolute atomic E-state index is 0.108. The van der Waals surface area contributed by atoms with Gasteiger partial charge in [0.15, 0.2) is 16.1 Å². The molecule has 0 fully saturated rings. The second-order valence-corrected chi connectivity index (χ2v) is 7.97. The fourth-order valence-corrected chi connectivity index (χ4v) is 4.16. The minimum atomic E-state index is -0.493. The van der Waals surface area contributed by atoms with Crippen molar-refractivity contribution >= 4 is 39.1 Å². The molecule has 0 bridgehead atoms. The van der Waals surface area contributed by atoms with Crippen LogP contribution in [0.2, 0.25) is 0 Å². The van der Waals surface area contributed by atoms with Gasteiger partial charge in [-0.1, -0.05) is 12.1 Å². The molecular formula is C20H17N7O3S. The van der Waals surface area contributed by atoms with Crippen LogP contribution in [0.15, 0.2) is 58.0 Å². The number of rotatable bonds is 4. The van der Waals surface area contributed by atoms with E-state index in [1.54, 1.807) is 23.5 Å². The van der Waals surface area contributed by atoms with Gasteiger partial charge in [0, 0.05) is 43.1 Å². The number of hydrogen-bond acceptors (Lipinski definition) is 6. The fraction of sp³-hybridized carbons (Fsp3) is 0.150. The Kier molecular flexibility index (Phi) is 4.33. The summed E-state index contributed by atoms with van der Waals surface area (Å²) in [4.78, 5) is 46.7. The number of aromatic nitrogens is 6. The molecule has 0 unspecified atom stereocenters. The maximum atomic E-state index is 12.6. The first-order chi connectivity index (χ1) is 14.9. The smallest absolute Gasteiger partial charge is 0.325 e. The average Bonchev–Trinajstić information content (AvgIpc) is 3.46. The highest BCUT2D eigenvalue weighted by Crippen LogP contribution is 2.23. The van der Waals surface area contributed by atoms with Gasteiger partial charge < -0.3 is 9.88 Å². The standard InChI is InChI=1S/C20H17N7O3S/c1-24-17-16(18(29)25(2)20(24)30)27(11-21-17)10-15(28)22-13-5-3-12(4-6-13)14-9-26-7-8-31-19(26)23-14/h3-9,11H,10H2,1-2H3,(H,22,28). The monoisotopic (exact) mass is 435 g/mol. The van der Waals surface area contributed by atoms with Crippen molar-refractivity contribution in [2.24, 2.45) is 14.1 Å². The summed E-state index contributed by atoms with van der Waals surface area (Å²) in [6.07, 6.45) is 5.30. The van der Waals surface area contributed by atoms with Crippen molar-refractivity contribution in [3.8, 4) is 11.3 Å². The summed E-state index contributed by atoms with van der Waals surface area (Å²) in [5, 5.41) is 4.79. The predicted molar refractivity (Wildman–Crippen MR) is 117 cm³/mol. The number of thiazole rings is 1. The molecule has 0 aliphatic heterocycles. The molecule has 1 aromatic carbocycles. The summed E-state index contributed by atoms with van der Waals surface area (Å²) in [6.45, 7) is -0.108. The van der Waals surface area contributed by atoms with Gasteiger partial charge in [-0.25, -0.2) is 14.8 Å². The van der Waals surface area contributed by atoms with Crippen LogP contribution in [-0.4, -0.2) is 34.0 Å². The number of hydrogen-bond donors (Lipinski definition) is 1. The zero-order valence-corrected chi connectivity index (χ0v) is 17.5. The number of carbonyl (C=O) groups is 1. The van der Waals surface area contributed by atoms with Crippen molar-refractivity contribution in [2.75, 3.05) is 5.32 Å². The van der Waals surface area contributed by atoms with Crippen molar-refractivity contribution in [1.82, 2.24) is 28.1 Å². The summed E-state index contributed by atoms with van der Waals surface area (Å²) >= 11 is 1.56. The van der Waals surface area contributed by atoms with Crippen LogP contribution in [0.1, 0.15) is 0 Å². The largest absolute Gasteiger partial charge is 0.332 e. The molecule has 10 nitrogen and oxygen atoms in total. The molecule has 0 saturated heterocycles. The molecule has 0 spiro atoms. The highest BCUT2D eigenvalue weighted by Gasteiger charge is 2.16. The van der Waals surface area contributed by atoms with Crippen LogP contribution < -0.4 is 16.6 Å². The molecule has 4 aromatic heterocycles. The molecule has 4 heterocycles. The quantitative estimate of drug-likeness (QED) is 0.460. The second kappa shape index (κ2) is 7.06. The Morgan fingerprint density at radius 1 is 1.13 bits per heavy atom. The van der Waals surface area contributed by atoms with E-state index in [-0.39, 0.29) is 23.6 Å². The molecule has 11 heteroatoms. The van der Waals surface area contributed by atoms with Gasteiger partial charge in [-0.05, 0) is 12.1 Å². The van der Waals surface area contributed by atoms with Gasteiger partial charge in [-0.2, -0.15) is 0 Å². The van der Waals surface area contributed by atoms with E-state index in [2.05, 4.69) is 15.3 Å². The lowest BCUT2D eigenvalue weighted by Crippen LogP contribution is -2.37. The number of amides is 1. The molecule has 31 heavy (non-hydrogen) atoms. The first-order valence-electron chi connectivity index (χ1n) is 9.36. The number of imidazole rings is 2. The number of benzene rings is 1. The Hall–Kier alpha value is -3.99. The van der Waals surface area contributed by atoms with Gasteiger partial charge in [-0.3, -0.25) is 23.1 Å². The number of aryl methyl sites for hydroxylation is 1. The van der Waals surface area contributed by atoms with Crippen molar-refractivity contribution in [3.63, 3.8) is 0 Å². The van der Waals surface area contributed by atoms with Crippen LogP contribution in [0.4, 0.5) is 5.69 Å². The SMILES string of the molecule is Cn1c(=O)c2c(ncn2CC(=O)Nc2ccc(-c3cn4ccsc4n3)cc2)n(C)c1=O. The van der Waals surface area contributed by atoms with Gasteiger partial charge >= 0.3 is 5.69 Å². The zero-order valence-electron chi connectivity index (χ0n) is 16.6. The maximum absolute atomic E-state index is 12.6. The molecule has 5 rings (SSSR count). The van der Waals surface area contributed by atoms with E-state index in [4.69, 9.17) is 0 Å². The van der Waals surface area contributed by atoms with Crippen LogP contribution in [0.3, 0.4) is 0 Å². The van der Waals surface area contributed by atoms with Crippen LogP contribution >= 0.6 is 11.3 Å². The number of carbonyl (C=O) groups excluding carboxylic acids is 1. The normalized spacial score (nSPS) is 11.4. The van der Waals surface area contributed by atoms with Crippen LogP contribution in [-0.2, 0) is 25.4 Å². The van der Waals surface area contributed by atoms with E-state index in [0.717, 1.165) is 20.8 Å². The molecule has 0 atom stereocenters. The average molecular weight is 435 g/mol. The Balaban J connectivity index is 1.36. The maximum Gasteiger partial charge on any atom is 0.332 e. The van der Waals surface area contributed by atoms with Crippen molar-refractivity contribution in [1.29, 1.82) is 0 Å². The van der Waals surface area contributed by atoms with Crippen LogP contribution in [0.25, 0.3) is 27.4 Å². The van der Waals surface area contributed by atoms with Gasteiger partial charge in [0.25, 0.3) is 5.56 Å². The predicted octanol–water partition coefficient (Wildman–Crippen LogP) is 1.45. The van der Waals surface area contributed by atoms with Gasteiger partial charge in [-0.15, -0.1) is 11.3 Å². The number of nitrogens with zero attached hydrogens (tertiary/aromatic N) is 6. The van der Waals surface area contributed by atoms with E-state index in [9.17, 15) is 14.4 Å². The second-order valence-electron chi connectivity index (χ2n) is 7.09.